The van der Waals surface area contributed by atoms with E-state index < -0.39 is 5.97 Å². The Morgan fingerprint density at radius 3 is 3.05 bits per heavy atom. The number of aliphatic carboxylic acids is 1. The van der Waals surface area contributed by atoms with Gasteiger partial charge in [0, 0.05) is 6.20 Å². The number of imidazole rings is 1. The molecule has 0 atom stereocenters. The van der Waals surface area contributed by atoms with Gasteiger partial charge in [-0.1, -0.05) is 18.7 Å². The molecule has 0 bridgehead atoms. The number of carboxylic acid groups (broad SMARTS) is 1. The van der Waals surface area contributed by atoms with Crippen LogP contribution in [-0.4, -0.2) is 27.1 Å². The fourth-order valence-corrected chi connectivity index (χ4v) is 1.86. The van der Waals surface area contributed by atoms with Crippen LogP contribution in [0.25, 0.3) is 11.7 Å². The van der Waals surface area contributed by atoms with Gasteiger partial charge in [0.1, 0.15) is 29.6 Å². The second kappa shape index (κ2) is 5.92. The highest BCUT2D eigenvalue weighted by molar-refractivity contribution is 5.96. The smallest absolute Gasteiger partial charge is 0.346 e. The summed E-state index contributed by atoms with van der Waals surface area (Å²) in [6.07, 6.45) is 4.55. The van der Waals surface area contributed by atoms with E-state index in [1.54, 1.807) is 22.7 Å². The van der Waals surface area contributed by atoms with Crippen molar-refractivity contribution in [2.75, 3.05) is 6.61 Å². The van der Waals surface area contributed by atoms with Gasteiger partial charge >= 0.3 is 5.97 Å². The molecule has 0 spiro atoms. The number of rotatable bonds is 5. The molecule has 6 heteroatoms. The van der Waals surface area contributed by atoms with Crippen LogP contribution in [0.1, 0.15) is 11.3 Å². The van der Waals surface area contributed by atoms with Crippen molar-refractivity contribution < 1.29 is 14.6 Å². The van der Waals surface area contributed by atoms with Gasteiger partial charge in [0.05, 0.1) is 0 Å². The number of aromatic nitrogens is 2. The molecule has 0 saturated carbocycles. The van der Waals surface area contributed by atoms with Crippen molar-refractivity contribution in [3.63, 3.8) is 0 Å². The van der Waals surface area contributed by atoms with Crippen molar-refractivity contribution in [2.24, 2.45) is 0 Å². The number of nitriles is 1. The van der Waals surface area contributed by atoms with Gasteiger partial charge in [-0.25, -0.2) is 4.79 Å². The SMILES string of the molecule is C=CCOc1nc2c(C)cccn2c1/C=C(\C#N)C(=O)O. The van der Waals surface area contributed by atoms with E-state index in [4.69, 9.17) is 15.1 Å². The lowest BCUT2D eigenvalue weighted by atomic mass is 10.2. The van der Waals surface area contributed by atoms with Crippen molar-refractivity contribution in [2.45, 2.75) is 6.92 Å². The second-order valence-electron chi connectivity index (χ2n) is 4.26. The largest absolute Gasteiger partial charge is 0.477 e. The first-order valence-electron chi connectivity index (χ1n) is 6.15. The minimum absolute atomic E-state index is 0.235. The van der Waals surface area contributed by atoms with Gasteiger partial charge in [0.2, 0.25) is 5.88 Å². The molecule has 6 nitrogen and oxygen atoms in total. The number of pyridine rings is 1. The summed E-state index contributed by atoms with van der Waals surface area (Å²) < 4.78 is 7.14. The van der Waals surface area contributed by atoms with Gasteiger partial charge in [-0.05, 0) is 24.6 Å². The molecule has 2 rings (SSSR count). The molecule has 0 saturated heterocycles. The summed E-state index contributed by atoms with van der Waals surface area (Å²) in [5.41, 5.74) is 1.58. The Hall–Kier alpha value is -3.07. The average molecular weight is 283 g/mol. The number of carboxylic acids is 1. The van der Waals surface area contributed by atoms with Crippen LogP contribution < -0.4 is 4.74 Å². The van der Waals surface area contributed by atoms with E-state index >= 15 is 0 Å². The first-order valence-corrected chi connectivity index (χ1v) is 6.15. The Bertz CT molecular complexity index is 781. The van der Waals surface area contributed by atoms with Crippen molar-refractivity contribution >= 4 is 17.7 Å². The van der Waals surface area contributed by atoms with Crippen molar-refractivity contribution in [3.8, 4) is 11.9 Å². The number of nitrogens with zero attached hydrogens (tertiary/aromatic N) is 3. The maximum atomic E-state index is 11.0. The second-order valence-corrected chi connectivity index (χ2v) is 4.26. The molecule has 2 heterocycles. The molecule has 0 fully saturated rings. The maximum absolute atomic E-state index is 11.0. The van der Waals surface area contributed by atoms with E-state index in [2.05, 4.69) is 11.6 Å². The normalized spacial score (nSPS) is 11.1. The third-order valence-corrected chi connectivity index (χ3v) is 2.82. The van der Waals surface area contributed by atoms with Gasteiger partial charge in [-0.15, -0.1) is 0 Å². The first-order chi connectivity index (χ1) is 10.1. The van der Waals surface area contributed by atoms with Gasteiger partial charge in [-0.3, -0.25) is 4.40 Å². The molecular weight excluding hydrogens is 270 g/mol. The molecule has 0 aliphatic carbocycles. The van der Waals surface area contributed by atoms with Crippen LogP contribution in [0.4, 0.5) is 0 Å². The molecule has 2 aromatic heterocycles. The predicted octanol–water partition coefficient (Wildman–Crippen LogP) is 2.20. The van der Waals surface area contributed by atoms with E-state index in [-0.39, 0.29) is 18.1 Å². The Balaban J connectivity index is 2.69. The molecule has 106 valence electrons. The Labute approximate surface area is 121 Å². The zero-order valence-corrected chi connectivity index (χ0v) is 11.4. The Morgan fingerprint density at radius 2 is 2.43 bits per heavy atom. The highest BCUT2D eigenvalue weighted by atomic mass is 16.5. The predicted molar refractivity (Wildman–Crippen MR) is 76.8 cm³/mol. The van der Waals surface area contributed by atoms with Crippen LogP contribution in [0.5, 0.6) is 5.88 Å². The minimum atomic E-state index is -1.30. The third-order valence-electron chi connectivity index (χ3n) is 2.82. The van der Waals surface area contributed by atoms with E-state index in [0.29, 0.717) is 11.3 Å². The molecule has 0 aromatic carbocycles. The molecule has 0 aliphatic heterocycles. The van der Waals surface area contributed by atoms with Gasteiger partial charge in [-0.2, -0.15) is 10.2 Å². The lowest BCUT2D eigenvalue weighted by Gasteiger charge is -2.01. The summed E-state index contributed by atoms with van der Waals surface area (Å²) in [6.45, 7) is 5.68. The molecule has 0 amide bonds. The van der Waals surface area contributed by atoms with Gasteiger partial charge < -0.3 is 9.84 Å². The maximum Gasteiger partial charge on any atom is 0.346 e. The summed E-state index contributed by atoms with van der Waals surface area (Å²) in [5.74, 6) is -1.03. The highest BCUT2D eigenvalue weighted by Gasteiger charge is 2.16. The number of fused-ring (bicyclic) bond motifs is 1. The van der Waals surface area contributed by atoms with Crippen molar-refractivity contribution in [3.05, 3.63) is 47.8 Å². The third kappa shape index (κ3) is 2.77. The van der Waals surface area contributed by atoms with Crippen LogP contribution >= 0.6 is 0 Å². The number of hydrogen-bond acceptors (Lipinski definition) is 4. The monoisotopic (exact) mass is 283 g/mol. The van der Waals surface area contributed by atoms with Crippen molar-refractivity contribution in [1.29, 1.82) is 5.26 Å². The molecule has 0 radical (unpaired) electrons. The number of hydrogen-bond donors (Lipinski definition) is 1. The molecule has 2 aromatic rings. The zero-order valence-electron chi connectivity index (χ0n) is 11.4. The van der Waals surface area contributed by atoms with Gasteiger partial charge in [0.15, 0.2) is 0 Å². The van der Waals surface area contributed by atoms with Crippen molar-refractivity contribution in [1.82, 2.24) is 9.38 Å². The molecule has 1 N–H and O–H groups in total. The number of ether oxygens (including phenoxy) is 1. The number of aryl methyl sites for hydroxylation is 1. The Morgan fingerprint density at radius 1 is 1.67 bits per heavy atom. The highest BCUT2D eigenvalue weighted by Crippen LogP contribution is 2.24. The Kier molecular flexibility index (Phi) is 4.05. The summed E-state index contributed by atoms with van der Waals surface area (Å²) >= 11 is 0. The standard InChI is InChI=1S/C15H13N3O3/c1-3-7-21-14-12(8-11(9-16)15(19)20)18-6-4-5-10(2)13(18)17-14/h3-6,8H,1,7H2,2H3,(H,19,20)/b11-8+. The fraction of sp³-hybridized carbons (Fsp3) is 0.133. The quantitative estimate of drug-likeness (QED) is 0.516. The minimum Gasteiger partial charge on any atom is -0.477 e. The average Bonchev–Trinajstić information content (AvgIpc) is 2.81. The molecule has 0 aliphatic rings. The van der Waals surface area contributed by atoms with Crippen LogP contribution in [0.2, 0.25) is 0 Å². The summed E-state index contributed by atoms with van der Waals surface area (Å²) in [4.78, 5) is 15.4. The van der Waals surface area contributed by atoms with E-state index in [1.807, 2.05) is 19.1 Å². The van der Waals surface area contributed by atoms with Crippen LogP contribution in [0.3, 0.4) is 0 Å². The fourth-order valence-electron chi connectivity index (χ4n) is 1.86. The van der Waals surface area contributed by atoms with E-state index in [0.717, 1.165) is 5.56 Å². The van der Waals surface area contributed by atoms with Crippen LogP contribution in [0, 0.1) is 18.3 Å². The molecular formula is C15H13N3O3. The lowest BCUT2D eigenvalue weighted by Crippen LogP contribution is -2.00. The molecule has 21 heavy (non-hydrogen) atoms. The van der Waals surface area contributed by atoms with E-state index in [1.165, 1.54) is 6.08 Å². The van der Waals surface area contributed by atoms with Gasteiger partial charge in [0.25, 0.3) is 0 Å². The molecule has 0 unspecified atom stereocenters. The summed E-state index contributed by atoms with van der Waals surface area (Å²) in [6, 6.07) is 5.34. The summed E-state index contributed by atoms with van der Waals surface area (Å²) in [7, 11) is 0. The van der Waals surface area contributed by atoms with Crippen LogP contribution in [-0.2, 0) is 4.79 Å². The number of carbonyl (C=O) groups is 1. The van der Waals surface area contributed by atoms with Crippen LogP contribution in [0.15, 0.2) is 36.6 Å². The summed E-state index contributed by atoms with van der Waals surface area (Å²) in [5, 5.41) is 17.9. The lowest BCUT2D eigenvalue weighted by molar-refractivity contribution is -0.132. The first kappa shape index (κ1) is 14.3. The topological polar surface area (TPSA) is 87.6 Å². The zero-order chi connectivity index (χ0) is 15.4. The van der Waals surface area contributed by atoms with E-state index in [9.17, 15) is 4.79 Å².